The molecule has 0 fully saturated rings. The first-order chi connectivity index (χ1) is 10.2. The Balaban J connectivity index is 2.60. The second kappa shape index (κ2) is 8.46. The molecule has 0 aliphatic rings. The van der Waals surface area contributed by atoms with E-state index in [0.717, 1.165) is 6.42 Å². The van der Waals surface area contributed by atoms with Crippen LogP contribution in [0.15, 0.2) is 42.5 Å². The van der Waals surface area contributed by atoms with Gasteiger partial charge in [0.2, 0.25) is 0 Å². The van der Waals surface area contributed by atoms with Crippen molar-refractivity contribution in [2.75, 3.05) is 12.3 Å². The van der Waals surface area contributed by atoms with Crippen LogP contribution in [0.3, 0.4) is 0 Å². The van der Waals surface area contributed by atoms with Crippen LogP contribution in [-0.4, -0.2) is 31.3 Å². The van der Waals surface area contributed by atoms with E-state index in [0.29, 0.717) is 13.0 Å². The molecule has 1 rings (SSSR count). The first-order valence-electron chi connectivity index (χ1n) is 7.57. The van der Waals surface area contributed by atoms with Crippen LogP contribution in [0.2, 0.25) is 0 Å². The van der Waals surface area contributed by atoms with Crippen molar-refractivity contribution in [3.8, 4) is 0 Å². The third-order valence-corrected chi connectivity index (χ3v) is 3.92. The average Bonchev–Trinajstić information content (AvgIpc) is 2.40. The van der Waals surface area contributed by atoms with Gasteiger partial charge in [-0.15, -0.1) is 0 Å². The minimum absolute atomic E-state index is 0.102. The Kier molecular flexibility index (Phi) is 7.26. The molecule has 2 N–H and O–H groups in total. The molecule has 0 bridgehead atoms. The Morgan fingerprint density at radius 3 is 2.41 bits per heavy atom. The van der Waals surface area contributed by atoms with Crippen molar-refractivity contribution in [3.05, 3.63) is 48.0 Å². The number of hydrogen-bond donors (Lipinski definition) is 2. The molecule has 0 amide bonds. The highest BCUT2D eigenvalue weighted by Gasteiger charge is 2.10. The van der Waals surface area contributed by atoms with E-state index >= 15 is 0 Å². The fourth-order valence-electron chi connectivity index (χ4n) is 2.02. The van der Waals surface area contributed by atoms with Crippen LogP contribution in [0.25, 0.3) is 0 Å². The van der Waals surface area contributed by atoms with Crippen molar-refractivity contribution in [2.45, 2.75) is 39.7 Å². The molecule has 4 nitrogen and oxygen atoms in total. The highest BCUT2D eigenvalue weighted by atomic mass is 32.2. The molecule has 124 valence electrons. The molecule has 5 heteroatoms. The summed E-state index contributed by atoms with van der Waals surface area (Å²) in [5.74, 6) is -0.207. The van der Waals surface area contributed by atoms with Crippen molar-refractivity contribution in [1.82, 2.24) is 5.32 Å². The molecule has 22 heavy (non-hydrogen) atoms. The lowest BCUT2D eigenvalue weighted by molar-refractivity contribution is 0.478. The standard InChI is InChI=1S/C17H27NO3S/c1-17(2,3)11-10-16(14-15-8-5-4-6-9-15)18-12-7-13-22(19,20)21/h4-6,8-11,16,18H,7,12-14H2,1-3H3,(H,19,20,21). The zero-order chi connectivity index (χ0) is 16.6. The van der Waals surface area contributed by atoms with Crippen LogP contribution in [0, 0.1) is 5.41 Å². The molecular formula is C17H27NO3S. The first-order valence-corrected chi connectivity index (χ1v) is 9.18. The zero-order valence-electron chi connectivity index (χ0n) is 13.6. The molecule has 0 radical (unpaired) electrons. The van der Waals surface area contributed by atoms with Crippen LogP contribution >= 0.6 is 0 Å². The molecule has 1 aromatic carbocycles. The maximum atomic E-state index is 10.7. The largest absolute Gasteiger partial charge is 0.310 e. The number of hydrogen-bond acceptors (Lipinski definition) is 3. The van der Waals surface area contributed by atoms with Crippen LogP contribution in [0.1, 0.15) is 32.8 Å². The van der Waals surface area contributed by atoms with Gasteiger partial charge in [0, 0.05) is 6.04 Å². The minimum Gasteiger partial charge on any atom is -0.310 e. The lowest BCUT2D eigenvalue weighted by Gasteiger charge is -2.18. The second-order valence-corrected chi connectivity index (χ2v) is 8.19. The molecule has 1 atom stereocenters. The summed E-state index contributed by atoms with van der Waals surface area (Å²) < 4.78 is 30.2. The van der Waals surface area contributed by atoms with Crippen molar-refractivity contribution in [1.29, 1.82) is 0 Å². The lowest BCUT2D eigenvalue weighted by Crippen LogP contribution is -2.31. The summed E-state index contributed by atoms with van der Waals surface area (Å²) in [7, 11) is -3.87. The SMILES string of the molecule is CC(C)(C)C=CC(Cc1ccccc1)NCCCS(=O)(=O)O. The third kappa shape index (κ3) is 9.71. The molecule has 0 aromatic heterocycles. The Morgan fingerprint density at radius 2 is 1.86 bits per heavy atom. The number of nitrogens with one attached hydrogen (secondary N) is 1. The quantitative estimate of drug-likeness (QED) is 0.438. The zero-order valence-corrected chi connectivity index (χ0v) is 14.4. The van der Waals surface area contributed by atoms with Crippen LogP contribution in [0.5, 0.6) is 0 Å². The molecule has 1 unspecified atom stereocenters. The molecule has 0 aliphatic carbocycles. The molecular weight excluding hydrogens is 298 g/mol. The summed E-state index contributed by atoms with van der Waals surface area (Å²) in [6.45, 7) is 6.97. The highest BCUT2D eigenvalue weighted by molar-refractivity contribution is 7.85. The summed E-state index contributed by atoms with van der Waals surface area (Å²) >= 11 is 0. The maximum absolute atomic E-state index is 10.7. The Hall–Kier alpha value is -1.17. The van der Waals surface area contributed by atoms with E-state index in [9.17, 15) is 8.42 Å². The van der Waals surface area contributed by atoms with Gasteiger partial charge in [-0.25, -0.2) is 0 Å². The van der Waals surface area contributed by atoms with Gasteiger partial charge in [-0.1, -0.05) is 63.3 Å². The predicted octanol–water partition coefficient (Wildman–Crippen LogP) is 3.07. The normalized spacial score (nSPS) is 14.4. The van der Waals surface area contributed by atoms with Crippen molar-refractivity contribution in [3.63, 3.8) is 0 Å². The second-order valence-electron chi connectivity index (χ2n) is 6.62. The van der Waals surface area contributed by atoms with Gasteiger partial charge >= 0.3 is 0 Å². The fourth-order valence-corrected chi connectivity index (χ4v) is 2.53. The van der Waals surface area contributed by atoms with E-state index in [4.69, 9.17) is 4.55 Å². The summed E-state index contributed by atoms with van der Waals surface area (Å²) in [5, 5.41) is 3.35. The minimum atomic E-state index is -3.87. The van der Waals surface area contributed by atoms with E-state index in [1.807, 2.05) is 18.2 Å². The van der Waals surface area contributed by atoms with E-state index in [1.165, 1.54) is 5.56 Å². The number of benzene rings is 1. The van der Waals surface area contributed by atoms with Crippen molar-refractivity contribution in [2.24, 2.45) is 5.41 Å². The highest BCUT2D eigenvalue weighted by Crippen LogP contribution is 2.15. The monoisotopic (exact) mass is 325 g/mol. The van der Waals surface area contributed by atoms with Gasteiger partial charge in [0.25, 0.3) is 10.1 Å². The Bertz CT molecular complexity index is 559. The smallest absolute Gasteiger partial charge is 0.264 e. The molecule has 1 aromatic rings. The first kappa shape index (κ1) is 18.9. The maximum Gasteiger partial charge on any atom is 0.264 e. The number of allylic oxidation sites excluding steroid dienone is 1. The van der Waals surface area contributed by atoms with E-state index < -0.39 is 10.1 Å². The van der Waals surface area contributed by atoms with Gasteiger partial charge in [-0.2, -0.15) is 8.42 Å². The van der Waals surface area contributed by atoms with Crippen molar-refractivity contribution < 1.29 is 13.0 Å². The summed E-state index contributed by atoms with van der Waals surface area (Å²) in [4.78, 5) is 0. The summed E-state index contributed by atoms with van der Waals surface area (Å²) in [6.07, 6.45) is 5.55. The van der Waals surface area contributed by atoms with Gasteiger partial charge < -0.3 is 5.32 Å². The van der Waals surface area contributed by atoms with Gasteiger partial charge in [-0.05, 0) is 30.4 Å². The van der Waals surface area contributed by atoms with Crippen LogP contribution in [-0.2, 0) is 16.5 Å². The van der Waals surface area contributed by atoms with Crippen molar-refractivity contribution >= 4 is 10.1 Å². The van der Waals surface area contributed by atoms with E-state index in [1.54, 1.807) is 0 Å². The number of rotatable bonds is 8. The van der Waals surface area contributed by atoms with Gasteiger partial charge in [0.15, 0.2) is 0 Å². The molecule has 0 saturated heterocycles. The summed E-state index contributed by atoms with van der Waals surface area (Å²) in [5.41, 5.74) is 1.33. The molecule has 0 saturated carbocycles. The molecule has 0 heterocycles. The predicted molar refractivity (Wildman–Crippen MR) is 91.6 cm³/mol. The van der Waals surface area contributed by atoms with E-state index in [-0.39, 0.29) is 17.2 Å². The van der Waals surface area contributed by atoms with Gasteiger partial charge in [-0.3, -0.25) is 4.55 Å². The van der Waals surface area contributed by atoms with E-state index in [2.05, 4.69) is 50.4 Å². The molecule has 0 spiro atoms. The average molecular weight is 325 g/mol. The fraction of sp³-hybridized carbons (Fsp3) is 0.529. The van der Waals surface area contributed by atoms with Gasteiger partial charge in [0.1, 0.15) is 0 Å². The van der Waals surface area contributed by atoms with Gasteiger partial charge in [0.05, 0.1) is 5.75 Å². The van der Waals surface area contributed by atoms with Crippen LogP contribution in [0.4, 0.5) is 0 Å². The Labute approximate surface area is 134 Å². The topological polar surface area (TPSA) is 66.4 Å². The third-order valence-electron chi connectivity index (χ3n) is 3.11. The lowest BCUT2D eigenvalue weighted by atomic mass is 9.94. The molecule has 0 aliphatic heterocycles. The Morgan fingerprint density at radius 1 is 1.23 bits per heavy atom. The summed E-state index contributed by atoms with van der Waals surface area (Å²) in [6, 6.07) is 10.3. The van der Waals surface area contributed by atoms with Crippen LogP contribution < -0.4 is 5.32 Å².